The van der Waals surface area contributed by atoms with E-state index in [1.165, 1.54) is 6.92 Å². The Kier molecular flexibility index (Phi) is 4.66. The molecule has 0 saturated carbocycles. The van der Waals surface area contributed by atoms with Gasteiger partial charge in [0.05, 0.1) is 11.0 Å². The third-order valence-electron chi connectivity index (χ3n) is 3.33. The summed E-state index contributed by atoms with van der Waals surface area (Å²) in [5, 5.41) is 10.8. The summed E-state index contributed by atoms with van der Waals surface area (Å²) in [7, 11) is -3.95. The molecule has 1 aliphatic rings. The zero-order chi connectivity index (χ0) is 15.8. The van der Waals surface area contributed by atoms with Gasteiger partial charge in [-0.2, -0.15) is 4.31 Å². The van der Waals surface area contributed by atoms with Gasteiger partial charge < -0.3 is 0 Å². The van der Waals surface area contributed by atoms with E-state index in [9.17, 15) is 23.3 Å². The van der Waals surface area contributed by atoms with E-state index in [1.807, 2.05) is 0 Å². The second-order valence-electron chi connectivity index (χ2n) is 4.72. The Bertz CT molecular complexity index is 685. The molecule has 10 heteroatoms. The lowest BCUT2D eigenvalue weighted by molar-refractivity contribution is -0.384. The molecule has 1 unspecified atom stereocenters. The summed E-state index contributed by atoms with van der Waals surface area (Å²) in [6.45, 7) is 1.58. The monoisotopic (exact) mass is 352 g/mol. The van der Waals surface area contributed by atoms with E-state index in [1.54, 1.807) is 0 Å². The van der Waals surface area contributed by atoms with Crippen molar-refractivity contribution in [1.82, 2.24) is 4.31 Å². The van der Waals surface area contributed by atoms with Gasteiger partial charge in [0.2, 0.25) is 0 Å². The minimum absolute atomic E-state index is 0.185. The number of sulfonamides is 1. The second-order valence-corrected chi connectivity index (χ2v) is 8.49. The van der Waals surface area contributed by atoms with Crippen LogP contribution in [0.15, 0.2) is 10.3 Å². The van der Waals surface area contributed by atoms with Gasteiger partial charge in [0.25, 0.3) is 15.7 Å². The highest BCUT2D eigenvalue weighted by Crippen LogP contribution is 2.38. The van der Waals surface area contributed by atoms with Crippen molar-refractivity contribution >= 4 is 44.4 Å². The molecule has 1 atom stereocenters. The van der Waals surface area contributed by atoms with Crippen LogP contribution in [0.25, 0.3) is 0 Å². The fourth-order valence-corrected chi connectivity index (χ4v) is 5.81. The molecule has 0 aromatic carbocycles. The van der Waals surface area contributed by atoms with E-state index in [0.717, 1.165) is 16.8 Å². The topological polar surface area (TPSA) is 97.6 Å². The van der Waals surface area contributed by atoms with Crippen molar-refractivity contribution in [2.75, 3.05) is 6.54 Å². The first kappa shape index (κ1) is 16.3. The van der Waals surface area contributed by atoms with Crippen LogP contribution in [0.4, 0.5) is 5.69 Å². The Labute approximate surface area is 130 Å². The molecule has 0 aliphatic carbocycles. The number of carbonyl (C=O) groups is 1. The lowest BCUT2D eigenvalue weighted by atomic mass is 10.0. The average molecular weight is 353 g/mol. The number of halogens is 1. The van der Waals surface area contributed by atoms with Crippen LogP contribution in [-0.4, -0.2) is 36.0 Å². The number of piperidine rings is 1. The van der Waals surface area contributed by atoms with Crippen LogP contribution in [-0.2, 0) is 14.8 Å². The Balaban J connectivity index is 2.43. The maximum absolute atomic E-state index is 12.6. The first-order valence-corrected chi connectivity index (χ1v) is 8.84. The van der Waals surface area contributed by atoms with Gasteiger partial charge in [-0.15, -0.1) is 11.3 Å². The van der Waals surface area contributed by atoms with E-state index in [2.05, 4.69) is 0 Å². The zero-order valence-electron chi connectivity index (χ0n) is 11.1. The number of hydrogen-bond acceptors (Lipinski definition) is 6. The summed E-state index contributed by atoms with van der Waals surface area (Å²) in [5.74, 6) is -0.226. The molecule has 0 radical (unpaired) electrons. The number of nitro groups is 1. The number of rotatable bonds is 4. The molecule has 21 heavy (non-hydrogen) atoms. The number of Topliss-reactive ketones (excluding diaryl/α,β-unsaturated/α-hetero) is 1. The Hall–Kier alpha value is -1.03. The number of ketones is 1. The highest BCUT2D eigenvalue weighted by atomic mass is 35.5. The predicted octanol–water partition coefficient (Wildman–Crippen LogP) is 2.44. The van der Waals surface area contributed by atoms with Gasteiger partial charge >= 0.3 is 0 Å². The quantitative estimate of drug-likeness (QED) is 0.612. The minimum Gasteiger partial charge on any atom is -0.298 e. The van der Waals surface area contributed by atoms with Gasteiger partial charge in [0.15, 0.2) is 4.34 Å². The van der Waals surface area contributed by atoms with Crippen molar-refractivity contribution < 1.29 is 18.1 Å². The highest BCUT2D eigenvalue weighted by molar-refractivity contribution is 7.91. The Morgan fingerprint density at radius 2 is 2.19 bits per heavy atom. The summed E-state index contributed by atoms with van der Waals surface area (Å²) >= 11 is 6.35. The summed E-state index contributed by atoms with van der Waals surface area (Å²) < 4.78 is 25.9. The van der Waals surface area contributed by atoms with E-state index < -0.39 is 26.7 Å². The fraction of sp³-hybridized carbons (Fsp3) is 0.545. The first-order valence-electron chi connectivity index (χ1n) is 6.21. The van der Waals surface area contributed by atoms with E-state index in [-0.39, 0.29) is 20.9 Å². The fourth-order valence-electron chi connectivity index (χ4n) is 2.30. The predicted molar refractivity (Wildman–Crippen MR) is 78.2 cm³/mol. The molecule has 1 aromatic rings. The summed E-state index contributed by atoms with van der Waals surface area (Å²) in [6.07, 6.45) is 1.90. The Morgan fingerprint density at radius 1 is 1.52 bits per heavy atom. The SMILES string of the molecule is CC(=O)C1CCCCN1S(=O)(=O)c1cc([N+](=O)[O-])c(Cl)s1. The molecule has 0 amide bonds. The number of carbonyl (C=O) groups excluding carboxylic acids is 1. The highest BCUT2D eigenvalue weighted by Gasteiger charge is 2.38. The zero-order valence-corrected chi connectivity index (χ0v) is 13.5. The summed E-state index contributed by atoms with van der Waals surface area (Å²) in [5.41, 5.74) is -0.434. The lowest BCUT2D eigenvalue weighted by Crippen LogP contribution is -2.46. The van der Waals surface area contributed by atoms with Crippen molar-refractivity contribution in [1.29, 1.82) is 0 Å². The van der Waals surface area contributed by atoms with Crippen molar-refractivity contribution in [3.05, 3.63) is 20.5 Å². The molecule has 0 bridgehead atoms. The summed E-state index contributed by atoms with van der Waals surface area (Å²) in [4.78, 5) is 21.7. The van der Waals surface area contributed by atoms with Crippen LogP contribution in [0, 0.1) is 10.1 Å². The van der Waals surface area contributed by atoms with Crippen LogP contribution in [0.5, 0.6) is 0 Å². The molecule has 0 spiro atoms. The van der Waals surface area contributed by atoms with E-state index >= 15 is 0 Å². The first-order chi connectivity index (χ1) is 9.75. The van der Waals surface area contributed by atoms with Gasteiger partial charge in [-0.25, -0.2) is 8.42 Å². The van der Waals surface area contributed by atoms with Crippen LogP contribution >= 0.6 is 22.9 Å². The van der Waals surface area contributed by atoms with Gasteiger partial charge in [-0.05, 0) is 19.8 Å². The maximum atomic E-state index is 12.6. The van der Waals surface area contributed by atoms with E-state index in [4.69, 9.17) is 11.6 Å². The molecule has 1 saturated heterocycles. The van der Waals surface area contributed by atoms with Crippen LogP contribution in [0.1, 0.15) is 26.2 Å². The number of thiophene rings is 1. The molecule has 1 aliphatic heterocycles. The van der Waals surface area contributed by atoms with Crippen molar-refractivity contribution in [3.8, 4) is 0 Å². The van der Waals surface area contributed by atoms with Gasteiger partial charge in [-0.1, -0.05) is 18.0 Å². The Morgan fingerprint density at radius 3 is 2.71 bits per heavy atom. The van der Waals surface area contributed by atoms with Crippen molar-refractivity contribution in [2.24, 2.45) is 0 Å². The lowest BCUT2D eigenvalue weighted by Gasteiger charge is -2.32. The molecule has 7 nitrogen and oxygen atoms in total. The average Bonchev–Trinajstić information content (AvgIpc) is 2.81. The molecule has 1 aromatic heterocycles. The maximum Gasteiger partial charge on any atom is 0.300 e. The molecule has 2 heterocycles. The van der Waals surface area contributed by atoms with E-state index in [0.29, 0.717) is 24.2 Å². The minimum atomic E-state index is -3.95. The molecule has 116 valence electrons. The van der Waals surface area contributed by atoms with Crippen molar-refractivity contribution in [2.45, 2.75) is 36.4 Å². The van der Waals surface area contributed by atoms with Crippen LogP contribution < -0.4 is 0 Å². The van der Waals surface area contributed by atoms with Gasteiger partial charge in [0.1, 0.15) is 9.99 Å². The van der Waals surface area contributed by atoms with Crippen molar-refractivity contribution in [3.63, 3.8) is 0 Å². The molecule has 2 rings (SSSR count). The molecule has 1 fully saturated rings. The standard InChI is InChI=1S/C11H13ClN2O5S2/c1-7(15)8-4-2-3-5-13(8)21(18,19)10-6-9(14(16)17)11(12)20-10/h6,8H,2-5H2,1H3. The van der Waals surface area contributed by atoms with Crippen LogP contribution in [0.3, 0.4) is 0 Å². The molecule has 0 N–H and O–H groups in total. The summed E-state index contributed by atoms with van der Waals surface area (Å²) in [6, 6.07) is 0.248. The third-order valence-corrected chi connectivity index (χ3v) is 7.02. The van der Waals surface area contributed by atoms with Gasteiger partial charge in [0, 0.05) is 12.6 Å². The second kappa shape index (κ2) is 5.99. The largest absolute Gasteiger partial charge is 0.300 e. The molecular weight excluding hydrogens is 340 g/mol. The number of nitrogens with zero attached hydrogens (tertiary/aromatic N) is 2. The van der Waals surface area contributed by atoms with Crippen LogP contribution in [0.2, 0.25) is 4.34 Å². The smallest absolute Gasteiger partial charge is 0.298 e. The number of hydrogen-bond donors (Lipinski definition) is 0. The van der Waals surface area contributed by atoms with Gasteiger partial charge in [-0.3, -0.25) is 14.9 Å². The normalized spacial score (nSPS) is 20.4. The third kappa shape index (κ3) is 3.10. The molecular formula is C11H13ClN2O5S2.